The van der Waals surface area contributed by atoms with E-state index >= 15 is 0 Å². The molecule has 1 aliphatic heterocycles. The molecular weight excluding hydrogens is 445 g/mol. The molecular formula is C18H34IN5S. The highest BCUT2D eigenvalue weighted by molar-refractivity contribution is 14.0. The van der Waals surface area contributed by atoms with Gasteiger partial charge in [0.1, 0.15) is 5.01 Å². The molecule has 2 N–H and O–H groups in total. The molecule has 2 heterocycles. The van der Waals surface area contributed by atoms with Crippen molar-refractivity contribution in [3.63, 3.8) is 0 Å². The Hall–Kier alpha value is -0.410. The van der Waals surface area contributed by atoms with Crippen LogP contribution in [-0.2, 0) is 6.54 Å². The molecule has 0 unspecified atom stereocenters. The largest absolute Gasteiger partial charge is 0.357 e. The lowest BCUT2D eigenvalue weighted by Crippen LogP contribution is -2.43. The van der Waals surface area contributed by atoms with E-state index in [1.807, 2.05) is 0 Å². The highest BCUT2D eigenvalue weighted by atomic mass is 127. The molecule has 0 saturated carbocycles. The van der Waals surface area contributed by atoms with Crippen molar-refractivity contribution in [1.29, 1.82) is 0 Å². The lowest BCUT2D eigenvalue weighted by Gasteiger charge is -2.32. The molecule has 0 bridgehead atoms. The number of rotatable bonds is 7. The van der Waals surface area contributed by atoms with E-state index in [1.54, 1.807) is 11.3 Å². The van der Waals surface area contributed by atoms with Crippen molar-refractivity contribution in [2.24, 2.45) is 10.9 Å². The number of likely N-dealkylation sites (tertiary alicyclic amines) is 1. The first-order valence-electron chi connectivity index (χ1n) is 9.29. The summed E-state index contributed by atoms with van der Waals surface area (Å²) < 4.78 is 0. The Balaban J connectivity index is 0.00000312. The Morgan fingerprint density at radius 3 is 2.52 bits per heavy atom. The summed E-state index contributed by atoms with van der Waals surface area (Å²) in [6, 6.07) is 0. The van der Waals surface area contributed by atoms with E-state index in [-0.39, 0.29) is 24.0 Å². The van der Waals surface area contributed by atoms with Crippen LogP contribution in [0.3, 0.4) is 0 Å². The Morgan fingerprint density at radius 1 is 1.24 bits per heavy atom. The van der Waals surface area contributed by atoms with Crippen LogP contribution in [0.25, 0.3) is 0 Å². The molecule has 1 aromatic rings. The fraction of sp³-hybridized carbons (Fsp3) is 0.778. The summed E-state index contributed by atoms with van der Waals surface area (Å²) in [4.78, 5) is 13.1. The van der Waals surface area contributed by atoms with Crippen LogP contribution in [0.5, 0.6) is 0 Å². The van der Waals surface area contributed by atoms with Gasteiger partial charge in [0.2, 0.25) is 0 Å². The molecule has 144 valence electrons. The van der Waals surface area contributed by atoms with Crippen molar-refractivity contribution in [3.8, 4) is 0 Å². The number of nitrogens with zero attached hydrogens (tertiary/aromatic N) is 3. The van der Waals surface area contributed by atoms with Crippen molar-refractivity contribution < 1.29 is 0 Å². The second-order valence-corrected chi connectivity index (χ2v) is 7.90. The van der Waals surface area contributed by atoms with Crippen LogP contribution < -0.4 is 10.6 Å². The van der Waals surface area contributed by atoms with Crippen molar-refractivity contribution in [2.45, 2.75) is 53.5 Å². The molecule has 5 nitrogen and oxygen atoms in total. The van der Waals surface area contributed by atoms with E-state index in [4.69, 9.17) is 4.99 Å². The molecule has 0 aromatic carbocycles. The predicted molar refractivity (Wildman–Crippen MR) is 119 cm³/mol. The Bertz CT molecular complexity index is 504. The monoisotopic (exact) mass is 479 g/mol. The molecule has 1 saturated heterocycles. The van der Waals surface area contributed by atoms with Gasteiger partial charge >= 0.3 is 0 Å². The first-order valence-corrected chi connectivity index (χ1v) is 10.1. The van der Waals surface area contributed by atoms with Crippen LogP contribution in [0.1, 0.15) is 48.7 Å². The Kier molecular flexibility index (Phi) is 10.9. The van der Waals surface area contributed by atoms with Crippen molar-refractivity contribution >= 4 is 41.3 Å². The SMILES string of the molecule is CCCN1CCC(CNC(=NCc2nc(C)c(C)s2)NCC)CC1.I. The van der Waals surface area contributed by atoms with Gasteiger partial charge in [0.25, 0.3) is 0 Å². The van der Waals surface area contributed by atoms with E-state index in [0.717, 1.165) is 35.7 Å². The second-order valence-electron chi connectivity index (χ2n) is 6.61. The number of hydrogen-bond acceptors (Lipinski definition) is 4. The van der Waals surface area contributed by atoms with Gasteiger partial charge in [0.05, 0.1) is 12.2 Å². The molecule has 0 amide bonds. The number of thiazole rings is 1. The van der Waals surface area contributed by atoms with Gasteiger partial charge in [0.15, 0.2) is 5.96 Å². The van der Waals surface area contributed by atoms with Crippen LogP contribution in [0.15, 0.2) is 4.99 Å². The summed E-state index contributed by atoms with van der Waals surface area (Å²) >= 11 is 1.75. The fourth-order valence-electron chi connectivity index (χ4n) is 3.07. The minimum Gasteiger partial charge on any atom is -0.357 e. The maximum atomic E-state index is 4.70. The third kappa shape index (κ3) is 7.78. The number of aryl methyl sites for hydroxylation is 2. The van der Waals surface area contributed by atoms with Crippen LogP contribution in [0, 0.1) is 19.8 Å². The van der Waals surface area contributed by atoms with Crippen molar-refractivity contribution in [1.82, 2.24) is 20.5 Å². The maximum Gasteiger partial charge on any atom is 0.191 e. The molecule has 1 fully saturated rings. The topological polar surface area (TPSA) is 52.5 Å². The van der Waals surface area contributed by atoms with E-state index in [1.165, 1.54) is 43.8 Å². The summed E-state index contributed by atoms with van der Waals surface area (Å²) in [5, 5.41) is 7.97. The minimum atomic E-state index is 0. The Labute approximate surface area is 174 Å². The highest BCUT2D eigenvalue weighted by Crippen LogP contribution is 2.18. The molecule has 0 atom stereocenters. The summed E-state index contributed by atoms with van der Waals surface area (Å²) in [5.41, 5.74) is 1.13. The van der Waals surface area contributed by atoms with Gasteiger partial charge in [-0.2, -0.15) is 0 Å². The van der Waals surface area contributed by atoms with Gasteiger partial charge < -0.3 is 15.5 Å². The number of piperidine rings is 1. The summed E-state index contributed by atoms with van der Waals surface area (Å²) in [5.74, 6) is 1.67. The molecule has 0 spiro atoms. The quantitative estimate of drug-likeness (QED) is 0.357. The van der Waals surface area contributed by atoms with Crippen molar-refractivity contribution in [2.75, 3.05) is 32.7 Å². The summed E-state index contributed by atoms with van der Waals surface area (Å²) in [6.07, 6.45) is 3.84. The Morgan fingerprint density at radius 2 is 1.96 bits per heavy atom. The summed E-state index contributed by atoms with van der Waals surface area (Å²) in [6.45, 7) is 14.8. The fourth-order valence-corrected chi connectivity index (χ4v) is 3.93. The highest BCUT2D eigenvalue weighted by Gasteiger charge is 2.18. The number of aromatic nitrogens is 1. The normalized spacial score (nSPS) is 16.6. The number of halogens is 1. The number of hydrogen-bond donors (Lipinski definition) is 2. The van der Waals surface area contributed by atoms with Gasteiger partial charge in [-0.1, -0.05) is 6.92 Å². The standard InChI is InChI=1S/C18H33N5S.HI/c1-5-9-23-10-7-16(8-11-23)12-20-18(19-6-2)21-13-17-22-14(3)15(4)24-17;/h16H,5-13H2,1-4H3,(H2,19,20,21);1H. The van der Waals surface area contributed by atoms with Gasteiger partial charge in [-0.3, -0.25) is 0 Å². The third-order valence-corrected chi connectivity index (χ3v) is 5.65. The zero-order chi connectivity index (χ0) is 17.4. The number of aliphatic imine (C=N–C) groups is 1. The zero-order valence-corrected chi connectivity index (χ0v) is 19.2. The van der Waals surface area contributed by atoms with Crippen molar-refractivity contribution in [3.05, 3.63) is 15.6 Å². The lowest BCUT2D eigenvalue weighted by molar-refractivity contribution is 0.185. The molecule has 0 aliphatic carbocycles. The molecule has 1 aliphatic rings. The van der Waals surface area contributed by atoms with Gasteiger partial charge in [-0.25, -0.2) is 9.98 Å². The second kappa shape index (κ2) is 12.1. The lowest BCUT2D eigenvalue weighted by atomic mass is 9.97. The number of guanidine groups is 1. The van der Waals surface area contributed by atoms with Gasteiger partial charge in [0, 0.05) is 18.0 Å². The van der Waals surface area contributed by atoms with Gasteiger partial charge in [-0.15, -0.1) is 35.3 Å². The van der Waals surface area contributed by atoms with Crippen LogP contribution >= 0.6 is 35.3 Å². The van der Waals surface area contributed by atoms with Crippen LogP contribution in [0.4, 0.5) is 0 Å². The average Bonchev–Trinajstić information content (AvgIpc) is 2.90. The smallest absolute Gasteiger partial charge is 0.191 e. The molecule has 2 rings (SSSR count). The third-order valence-electron chi connectivity index (χ3n) is 4.59. The maximum absolute atomic E-state index is 4.70. The van der Waals surface area contributed by atoms with E-state index < -0.39 is 0 Å². The molecule has 0 radical (unpaired) electrons. The molecule has 1 aromatic heterocycles. The molecule has 7 heteroatoms. The molecule has 25 heavy (non-hydrogen) atoms. The first-order chi connectivity index (χ1) is 11.6. The summed E-state index contributed by atoms with van der Waals surface area (Å²) in [7, 11) is 0. The van der Waals surface area contributed by atoms with E-state index in [2.05, 4.69) is 48.2 Å². The van der Waals surface area contributed by atoms with E-state index in [0.29, 0.717) is 6.54 Å². The first kappa shape index (κ1) is 22.6. The van der Waals surface area contributed by atoms with Gasteiger partial charge in [-0.05, 0) is 65.6 Å². The zero-order valence-electron chi connectivity index (χ0n) is 16.1. The predicted octanol–water partition coefficient (Wildman–Crippen LogP) is 3.56. The van der Waals surface area contributed by atoms with Crippen LogP contribution in [-0.4, -0.2) is 48.6 Å². The van der Waals surface area contributed by atoms with E-state index in [9.17, 15) is 0 Å². The average molecular weight is 479 g/mol. The minimum absolute atomic E-state index is 0. The van der Waals surface area contributed by atoms with Crippen LogP contribution in [0.2, 0.25) is 0 Å². The number of nitrogens with one attached hydrogen (secondary N) is 2.